The van der Waals surface area contributed by atoms with E-state index in [4.69, 9.17) is 32.6 Å². The molecule has 582 valence electrons. The number of hydrogen-bond acceptors (Lipinski definition) is 19. The first-order valence-electron chi connectivity index (χ1n) is 35.5. The summed E-state index contributed by atoms with van der Waals surface area (Å²) in [6, 6.07) is 0. The first-order chi connectivity index (χ1) is 47.3. The lowest BCUT2D eigenvalue weighted by Gasteiger charge is -2.62. The van der Waals surface area contributed by atoms with E-state index in [0.29, 0.717) is 116 Å². The maximum Gasteiger partial charge on any atom is 0.335 e. The van der Waals surface area contributed by atoms with Gasteiger partial charge in [0.15, 0.2) is 38.8 Å². The number of carbonyl (C=O) groups is 7. The quantitative estimate of drug-likeness (QED) is 0.0691. The molecule has 16 unspecified atom stereocenters. The van der Waals surface area contributed by atoms with Crippen molar-refractivity contribution in [1.29, 1.82) is 0 Å². The summed E-state index contributed by atoms with van der Waals surface area (Å²) in [6.07, 6.45) is 10.7. The molecule has 0 radical (unpaired) electrons. The second-order valence-electron chi connectivity index (χ2n) is 34.1. The number of Topliss-reactive ketones (excluding diaryl/α,β-unsaturated/α-hetero) is 1. The average molecular weight is 1520 g/mol. The van der Waals surface area contributed by atoms with Crippen LogP contribution < -0.4 is 0 Å². The van der Waals surface area contributed by atoms with Gasteiger partial charge < -0.3 is 43.0 Å². The highest BCUT2D eigenvalue weighted by Gasteiger charge is 2.72. The number of esters is 6. The van der Waals surface area contributed by atoms with Gasteiger partial charge in [0.25, 0.3) is 39.7 Å². The van der Waals surface area contributed by atoms with Gasteiger partial charge in [0.05, 0.1) is 51.0 Å². The highest BCUT2D eigenvalue weighted by atomic mass is 32.2. The molecule has 16 aliphatic carbocycles. The minimum absolute atomic E-state index is 0.0408. The zero-order valence-corrected chi connectivity index (χ0v) is 58.3. The number of hydrogen-bond donors (Lipinski definition) is 1. The van der Waals surface area contributed by atoms with Crippen molar-refractivity contribution in [3.8, 4) is 0 Å². The van der Waals surface area contributed by atoms with Crippen molar-refractivity contribution in [1.82, 2.24) is 0 Å². The summed E-state index contributed by atoms with van der Waals surface area (Å²) in [4.78, 5) is 84.2. The molecule has 1 spiro atoms. The Labute approximate surface area is 585 Å². The maximum absolute atomic E-state index is 13.8. The van der Waals surface area contributed by atoms with Gasteiger partial charge in [-0.15, -0.1) is 0 Å². The van der Waals surface area contributed by atoms with Gasteiger partial charge in [0, 0.05) is 70.1 Å². The molecular formula is C69H88F14O19S. The Hall–Kier alpha value is -4.70. The normalized spacial score (nSPS) is 41.7. The smallest absolute Gasteiger partial charge is 0.335 e. The highest BCUT2D eigenvalue weighted by molar-refractivity contribution is 7.87. The molecule has 0 aromatic carbocycles. The second-order valence-corrected chi connectivity index (χ2v) is 35.8. The third-order valence-corrected chi connectivity index (χ3v) is 26.7. The monoisotopic (exact) mass is 1520 g/mol. The third kappa shape index (κ3) is 15.7. The molecule has 1 N–H and O–H groups in total. The molecule has 0 aromatic rings. The molecule has 3 saturated heterocycles. The zero-order valence-electron chi connectivity index (χ0n) is 57.5. The Morgan fingerprint density at radius 3 is 1.33 bits per heavy atom. The van der Waals surface area contributed by atoms with E-state index in [1.54, 1.807) is 0 Å². The largest absolute Gasteiger partial charge is 0.461 e. The molecule has 19 aliphatic rings. The SMILES string of the molecule is CC(F)(F)COC(=O)C12CC3CC(C1)C(=O)C(C3)C2.CC(F)(F)COC(=O)C12CC3CC(C1)C1(OCC(F)(F)C(F)(F)CO1)C(C3)C2.CC(F)(F)COC(=O)C12CC3CC(CC(O)(C3)C1)C2.CC(F)(F)COC(=O)C1C2CC3C(=O)OC1C3C2.CC(F)(F)COC(=O)C1C2CC3C1OS(=O)(=O)C3C2. The van der Waals surface area contributed by atoms with Crippen LogP contribution in [-0.4, -0.2) is 172 Å². The summed E-state index contributed by atoms with van der Waals surface area (Å²) in [6.45, 7) is -4.09. The van der Waals surface area contributed by atoms with Crippen molar-refractivity contribution in [2.45, 2.75) is 233 Å². The molecule has 19 fully saturated rings. The fraction of sp³-hybridized carbons (Fsp3) is 0.899. The summed E-state index contributed by atoms with van der Waals surface area (Å²) in [5, 5.41) is 9.96. The van der Waals surface area contributed by atoms with Crippen molar-refractivity contribution >= 4 is 51.7 Å². The van der Waals surface area contributed by atoms with Gasteiger partial charge in [0.2, 0.25) is 0 Å². The molecular weight excluding hydrogens is 1430 g/mol. The fourth-order valence-electron chi connectivity index (χ4n) is 21.9. The molecule has 19 rings (SSSR count). The lowest BCUT2D eigenvalue weighted by molar-refractivity contribution is -0.346. The van der Waals surface area contributed by atoms with Crippen LogP contribution in [0.3, 0.4) is 0 Å². The standard InChI is InChI=1S/C18H22F6O4.C14H20F2O3.C14H18F2O3.C12H14F2O4.C11H14F2O5S/c1-14(19,20)7-26-13(25)15-4-10-2-11(5-15)18(12(3-10)6-15)27-8-16(21,22)17(23,24)9-28-18;1-12(15,16)8-19-11(17)13-3-9-2-10(4-13)6-14(18,5-9)7-13;1-13(15,16)7-19-12(18)14-4-8-2-9(5-14)11(17)10(3-8)6-14;1-12(13,14)4-17-11(16)8-5-2-6-7(3-5)10(15)18-9(6)8;1-11(12,13)4-17-10(14)8-5-2-6-7(3-5)19(15,16)18-9(6)8/h10-12H,2-9H2,1H3;9-10,18H,2-8H2,1H3;8-10H,2-7H2,1H3;5-9H,2-4H2,1H3;5-9H,2-4H2,1H3. The van der Waals surface area contributed by atoms with Gasteiger partial charge in [-0.1, -0.05) is 0 Å². The molecule has 103 heavy (non-hydrogen) atoms. The summed E-state index contributed by atoms with van der Waals surface area (Å²) in [5.41, 5.74) is -3.14. The van der Waals surface area contributed by atoms with Crippen molar-refractivity contribution in [2.24, 2.45) is 105 Å². The third-order valence-electron chi connectivity index (χ3n) is 25.0. The van der Waals surface area contributed by atoms with E-state index < -0.39 is 196 Å². The summed E-state index contributed by atoms with van der Waals surface area (Å²) < 4.78 is 251. The molecule has 0 amide bonds. The van der Waals surface area contributed by atoms with Crippen molar-refractivity contribution in [2.75, 3.05) is 46.2 Å². The molecule has 19 nitrogen and oxygen atoms in total. The average Bonchev–Trinajstić information content (AvgIpc) is 1.63. The van der Waals surface area contributed by atoms with Crippen molar-refractivity contribution in [3.05, 3.63) is 0 Å². The van der Waals surface area contributed by atoms with E-state index in [-0.39, 0.29) is 71.9 Å². The number of ether oxygens (including phenoxy) is 8. The molecule has 16 atom stereocenters. The molecule has 34 heteroatoms. The van der Waals surface area contributed by atoms with Gasteiger partial charge in [-0.2, -0.15) is 26.0 Å². The van der Waals surface area contributed by atoms with Crippen LogP contribution in [0.1, 0.15) is 163 Å². The van der Waals surface area contributed by atoms with Crippen LogP contribution in [0.5, 0.6) is 0 Å². The van der Waals surface area contributed by atoms with Crippen LogP contribution in [0, 0.1) is 105 Å². The molecule has 3 aliphatic heterocycles. The molecule has 16 bridgehead atoms. The Balaban J connectivity index is 0.000000123. The molecule has 16 saturated carbocycles. The van der Waals surface area contributed by atoms with E-state index in [0.717, 1.165) is 52.4 Å². The number of halogens is 14. The first-order valence-corrected chi connectivity index (χ1v) is 37.0. The number of rotatable bonds is 15. The van der Waals surface area contributed by atoms with Crippen LogP contribution in [0.25, 0.3) is 0 Å². The van der Waals surface area contributed by atoms with Gasteiger partial charge in [-0.05, 0) is 164 Å². The molecule has 3 heterocycles. The second kappa shape index (κ2) is 26.6. The number of fused-ring (bicyclic) bond motifs is 2. The predicted octanol–water partition coefficient (Wildman–Crippen LogP) is 11.4. The number of alkyl halides is 14. The summed E-state index contributed by atoms with van der Waals surface area (Å²) in [5.74, 6) is -30.3. The van der Waals surface area contributed by atoms with E-state index in [9.17, 15) is 109 Å². The summed E-state index contributed by atoms with van der Waals surface area (Å²) >= 11 is 0. The number of aliphatic hydroxyl groups is 1. The first kappa shape index (κ1) is 77.9. The summed E-state index contributed by atoms with van der Waals surface area (Å²) in [7, 11) is -3.60. The van der Waals surface area contributed by atoms with Crippen LogP contribution in [0.15, 0.2) is 0 Å². The van der Waals surface area contributed by atoms with Gasteiger partial charge in [0.1, 0.15) is 25.1 Å². The van der Waals surface area contributed by atoms with E-state index in [1.165, 1.54) is 0 Å². The Morgan fingerprint density at radius 1 is 0.476 bits per heavy atom. The lowest BCUT2D eigenvalue weighted by Crippen LogP contribution is -2.65. The predicted molar refractivity (Wildman–Crippen MR) is 322 cm³/mol. The van der Waals surface area contributed by atoms with Crippen molar-refractivity contribution < 1.29 is 151 Å². The van der Waals surface area contributed by atoms with E-state index in [2.05, 4.69) is 9.47 Å². The maximum atomic E-state index is 13.8. The van der Waals surface area contributed by atoms with Gasteiger partial charge >= 0.3 is 47.7 Å². The van der Waals surface area contributed by atoms with Crippen LogP contribution in [0.2, 0.25) is 0 Å². The van der Waals surface area contributed by atoms with Gasteiger partial charge in [-0.3, -0.25) is 37.7 Å². The van der Waals surface area contributed by atoms with E-state index in [1.807, 2.05) is 0 Å². The fourth-order valence-corrected chi connectivity index (χ4v) is 23.8. The topological polar surface area (TPSA) is 257 Å². The number of ketones is 1. The Kier molecular flexibility index (Phi) is 20.1. The van der Waals surface area contributed by atoms with Crippen LogP contribution in [0.4, 0.5) is 61.5 Å². The van der Waals surface area contributed by atoms with Crippen molar-refractivity contribution in [3.63, 3.8) is 0 Å². The van der Waals surface area contributed by atoms with Gasteiger partial charge in [-0.25, -0.2) is 43.9 Å². The highest BCUT2D eigenvalue weighted by Crippen LogP contribution is 2.68. The van der Waals surface area contributed by atoms with Crippen LogP contribution in [-0.2, 0) is 85.8 Å². The van der Waals surface area contributed by atoms with E-state index >= 15 is 0 Å². The Morgan fingerprint density at radius 2 is 0.874 bits per heavy atom. The molecule has 0 aromatic heterocycles. The zero-order chi connectivity index (χ0) is 75.4. The minimum atomic E-state index is -4.35. The lowest BCUT2D eigenvalue weighted by atomic mass is 9.47. The van der Waals surface area contributed by atoms with Crippen LogP contribution >= 0.6 is 0 Å². The Bertz CT molecular complexity index is 3350. The minimum Gasteiger partial charge on any atom is -0.461 e. The number of carbonyl (C=O) groups excluding carboxylic acids is 7.